The molecule has 4 heteroatoms. The number of hydrogen-bond acceptors (Lipinski definition) is 4. The summed E-state index contributed by atoms with van der Waals surface area (Å²) in [6, 6.07) is 0. The average molecular weight is 630 g/mol. The number of ketones is 3. The smallest absolute Gasteiger partial charge is 0.210 e. The number of allylic oxidation sites excluding steroid dienone is 4. The summed E-state index contributed by atoms with van der Waals surface area (Å²) in [6.07, 6.45) is 41.5. The van der Waals surface area contributed by atoms with Crippen LogP contribution < -0.4 is 0 Å². The van der Waals surface area contributed by atoms with Gasteiger partial charge in [0.1, 0.15) is 5.78 Å². The van der Waals surface area contributed by atoms with Gasteiger partial charge in [-0.2, -0.15) is 0 Å². The molecule has 0 fully saturated rings. The lowest BCUT2D eigenvalue weighted by Gasteiger charge is -2.18. The van der Waals surface area contributed by atoms with Crippen molar-refractivity contribution in [3.63, 3.8) is 0 Å². The Kier molecular flexibility index (Phi) is 32.6. The molecule has 0 rings (SSSR count). The van der Waals surface area contributed by atoms with Crippen molar-refractivity contribution >= 4 is 17.3 Å². The summed E-state index contributed by atoms with van der Waals surface area (Å²) in [6.45, 7) is 4.86. The highest BCUT2D eigenvalue weighted by molar-refractivity contribution is 6.41. The molecule has 0 radical (unpaired) electrons. The summed E-state index contributed by atoms with van der Waals surface area (Å²) in [5.41, 5.74) is 0. The zero-order valence-corrected chi connectivity index (χ0v) is 30.6. The summed E-state index contributed by atoms with van der Waals surface area (Å²) in [7, 11) is 3.73. The molecular weight excluding hydrogens is 554 g/mol. The zero-order valence-electron chi connectivity index (χ0n) is 30.6. The third-order valence-corrected chi connectivity index (χ3v) is 8.88. The van der Waals surface area contributed by atoms with Crippen molar-refractivity contribution in [2.75, 3.05) is 20.6 Å². The Bertz CT molecular complexity index is 754. The normalized spacial score (nSPS) is 12.6. The first-order valence-corrected chi connectivity index (χ1v) is 19.5. The van der Waals surface area contributed by atoms with Crippen molar-refractivity contribution in [2.24, 2.45) is 5.92 Å². The maximum absolute atomic E-state index is 13.0. The number of nitrogens with zero attached hydrogens (tertiary/aromatic N) is 1. The maximum Gasteiger partial charge on any atom is 0.210 e. The van der Waals surface area contributed by atoms with Crippen LogP contribution in [0.4, 0.5) is 0 Å². The molecular formula is C41H75NO3. The maximum atomic E-state index is 13.0. The third kappa shape index (κ3) is 29.6. The SMILES string of the molecule is CCCCCCCC/C=C\CCCCCCCC(=O)C(=O)C(CN(C)C)C(=O)CCCCCCC/C=C\CCCCCCCC. The van der Waals surface area contributed by atoms with Gasteiger partial charge < -0.3 is 4.90 Å². The van der Waals surface area contributed by atoms with Crippen molar-refractivity contribution in [1.29, 1.82) is 0 Å². The highest BCUT2D eigenvalue weighted by Crippen LogP contribution is 2.16. The van der Waals surface area contributed by atoms with Gasteiger partial charge in [-0.3, -0.25) is 14.4 Å². The van der Waals surface area contributed by atoms with E-state index in [1.807, 2.05) is 19.0 Å². The van der Waals surface area contributed by atoms with Crippen molar-refractivity contribution in [2.45, 2.75) is 194 Å². The number of Topliss-reactive ketones (excluding diaryl/α,β-unsaturated/α-hetero) is 3. The number of hydrogen-bond donors (Lipinski definition) is 0. The van der Waals surface area contributed by atoms with Crippen LogP contribution in [0.2, 0.25) is 0 Å². The van der Waals surface area contributed by atoms with Gasteiger partial charge in [0.15, 0.2) is 5.78 Å². The van der Waals surface area contributed by atoms with Crippen molar-refractivity contribution in [1.82, 2.24) is 4.90 Å². The quantitative estimate of drug-likeness (QED) is 0.0303. The molecule has 0 aromatic rings. The fraction of sp³-hybridized carbons (Fsp3) is 0.829. The molecule has 1 atom stereocenters. The van der Waals surface area contributed by atoms with E-state index >= 15 is 0 Å². The van der Waals surface area contributed by atoms with Gasteiger partial charge in [-0.15, -0.1) is 0 Å². The van der Waals surface area contributed by atoms with Crippen LogP contribution >= 0.6 is 0 Å². The fourth-order valence-corrected chi connectivity index (χ4v) is 5.91. The Balaban J connectivity index is 3.98. The Morgan fingerprint density at radius 3 is 1.18 bits per heavy atom. The van der Waals surface area contributed by atoms with Crippen LogP contribution in [0.3, 0.4) is 0 Å². The Labute approximate surface area is 280 Å². The molecule has 0 aliphatic carbocycles. The molecule has 262 valence electrons. The Morgan fingerprint density at radius 2 is 0.800 bits per heavy atom. The van der Waals surface area contributed by atoms with E-state index in [0.29, 0.717) is 13.0 Å². The Hall–Kier alpha value is -1.55. The molecule has 0 amide bonds. The van der Waals surface area contributed by atoms with Crippen molar-refractivity contribution in [3.05, 3.63) is 24.3 Å². The number of unbranched alkanes of at least 4 members (excludes halogenated alkanes) is 22. The molecule has 0 aliphatic rings. The van der Waals surface area contributed by atoms with E-state index in [9.17, 15) is 14.4 Å². The lowest BCUT2D eigenvalue weighted by molar-refractivity contribution is -0.143. The molecule has 1 unspecified atom stereocenters. The van der Waals surface area contributed by atoms with E-state index in [4.69, 9.17) is 0 Å². The van der Waals surface area contributed by atoms with Crippen LogP contribution in [0, 0.1) is 5.92 Å². The first kappa shape index (κ1) is 43.5. The van der Waals surface area contributed by atoms with Crippen LogP contribution in [0.15, 0.2) is 24.3 Å². The molecule has 0 heterocycles. The van der Waals surface area contributed by atoms with E-state index in [-0.39, 0.29) is 18.0 Å². The number of carbonyl (C=O) groups is 3. The summed E-state index contributed by atoms with van der Waals surface area (Å²) >= 11 is 0. The molecule has 0 spiro atoms. The molecule has 0 aromatic carbocycles. The van der Waals surface area contributed by atoms with Crippen LogP contribution in [-0.2, 0) is 14.4 Å². The van der Waals surface area contributed by atoms with Gasteiger partial charge in [-0.05, 0) is 78.3 Å². The largest absolute Gasteiger partial charge is 0.308 e. The molecule has 0 bridgehead atoms. The number of carbonyl (C=O) groups excluding carboxylic acids is 3. The van der Waals surface area contributed by atoms with E-state index in [2.05, 4.69) is 38.2 Å². The standard InChI is InChI=1S/C41H75NO3/c1-5-7-9-11-13-15-17-19-21-23-25-27-29-31-33-35-39(43)38(37-42(3)4)41(45)40(44)36-34-32-30-28-26-24-22-20-18-16-14-12-10-8-6-2/h19-22,38H,5-18,23-37H2,1-4H3/b21-19-,22-20-. The molecule has 4 nitrogen and oxygen atoms in total. The second kappa shape index (κ2) is 33.8. The van der Waals surface area contributed by atoms with Gasteiger partial charge in [-0.25, -0.2) is 0 Å². The van der Waals surface area contributed by atoms with Crippen LogP contribution in [0.5, 0.6) is 0 Å². The van der Waals surface area contributed by atoms with Gasteiger partial charge >= 0.3 is 0 Å². The van der Waals surface area contributed by atoms with E-state index in [1.165, 1.54) is 116 Å². The average Bonchev–Trinajstić information content (AvgIpc) is 3.02. The highest BCUT2D eigenvalue weighted by Gasteiger charge is 2.30. The second-order valence-electron chi connectivity index (χ2n) is 13.7. The van der Waals surface area contributed by atoms with Gasteiger partial charge in [-0.1, -0.05) is 141 Å². The van der Waals surface area contributed by atoms with Crippen LogP contribution in [0.25, 0.3) is 0 Å². The van der Waals surface area contributed by atoms with Gasteiger partial charge in [0, 0.05) is 19.4 Å². The third-order valence-electron chi connectivity index (χ3n) is 8.88. The second-order valence-corrected chi connectivity index (χ2v) is 13.7. The zero-order chi connectivity index (χ0) is 33.2. The first-order chi connectivity index (χ1) is 21.9. The minimum absolute atomic E-state index is 0.0516. The molecule has 0 aliphatic heterocycles. The minimum atomic E-state index is -0.799. The molecule has 0 saturated carbocycles. The van der Waals surface area contributed by atoms with Crippen molar-refractivity contribution in [3.8, 4) is 0 Å². The monoisotopic (exact) mass is 630 g/mol. The minimum Gasteiger partial charge on any atom is -0.308 e. The lowest BCUT2D eigenvalue weighted by atomic mass is 9.90. The lowest BCUT2D eigenvalue weighted by Crippen LogP contribution is -2.37. The summed E-state index contributed by atoms with van der Waals surface area (Å²) in [5.74, 6) is -1.66. The van der Waals surface area contributed by atoms with E-state index in [1.54, 1.807) is 0 Å². The first-order valence-electron chi connectivity index (χ1n) is 19.5. The van der Waals surface area contributed by atoms with Gasteiger partial charge in [0.2, 0.25) is 5.78 Å². The molecule has 0 N–H and O–H groups in total. The van der Waals surface area contributed by atoms with Crippen molar-refractivity contribution < 1.29 is 14.4 Å². The highest BCUT2D eigenvalue weighted by atomic mass is 16.2. The number of rotatable bonds is 35. The summed E-state index contributed by atoms with van der Waals surface area (Å²) < 4.78 is 0. The predicted octanol–water partition coefficient (Wildman–Crippen LogP) is 11.9. The molecule has 0 aromatic heterocycles. The van der Waals surface area contributed by atoms with E-state index in [0.717, 1.165) is 51.4 Å². The van der Waals surface area contributed by atoms with Crippen LogP contribution in [0.1, 0.15) is 194 Å². The molecule has 45 heavy (non-hydrogen) atoms. The molecule has 0 saturated heterocycles. The fourth-order valence-electron chi connectivity index (χ4n) is 5.91. The Morgan fingerprint density at radius 1 is 0.467 bits per heavy atom. The van der Waals surface area contributed by atoms with E-state index < -0.39 is 11.7 Å². The van der Waals surface area contributed by atoms with Crippen LogP contribution in [-0.4, -0.2) is 42.9 Å². The summed E-state index contributed by atoms with van der Waals surface area (Å²) in [4.78, 5) is 40.4. The predicted molar refractivity (Wildman–Crippen MR) is 196 cm³/mol. The van der Waals surface area contributed by atoms with Gasteiger partial charge in [0.25, 0.3) is 0 Å². The summed E-state index contributed by atoms with van der Waals surface area (Å²) in [5, 5.41) is 0. The topological polar surface area (TPSA) is 54.5 Å². The van der Waals surface area contributed by atoms with Gasteiger partial charge in [0.05, 0.1) is 5.92 Å².